The highest BCUT2D eigenvalue weighted by molar-refractivity contribution is 7.98. The molecule has 1 unspecified atom stereocenters. The standard InChI is InChI=1S/C35H47N5O6S/c1-20(2)45-30-17-29(25-14-15-28(44-4)21(3)31(25)37-30)46-23-16-27-32(41)38-35(34(43)39-47-24-12-13-24)18-22(35)10-8-6-5-7-9-11-26(36)33(42)40(27)19-23/h8,10,14-15,17,20,22-24,26-27H,5-7,9,11-13,16,18-19,36H2,1-4H3,(H,38,41)(H,39,43)/b10-8-/t22?,23-,26+,27+,35-/m1/s1. The zero-order valence-electron chi connectivity index (χ0n) is 27.8. The number of allylic oxidation sites excluding steroid dienone is 1. The molecule has 4 N–H and O–H groups in total. The Labute approximate surface area is 280 Å². The van der Waals surface area contributed by atoms with Crippen LogP contribution in [0.15, 0.2) is 30.4 Å². The van der Waals surface area contributed by atoms with Crippen molar-refractivity contribution in [1.82, 2.24) is 19.9 Å². The van der Waals surface area contributed by atoms with Gasteiger partial charge in [-0.25, -0.2) is 4.98 Å². The normalized spacial score (nSPS) is 28.9. The first-order valence-corrected chi connectivity index (χ1v) is 17.8. The van der Waals surface area contributed by atoms with Crippen LogP contribution in [0.1, 0.15) is 77.2 Å². The van der Waals surface area contributed by atoms with Crippen molar-refractivity contribution in [3.05, 3.63) is 35.9 Å². The number of amides is 3. The van der Waals surface area contributed by atoms with Crippen LogP contribution in [0.4, 0.5) is 0 Å². The van der Waals surface area contributed by atoms with Crippen molar-refractivity contribution < 1.29 is 28.6 Å². The maximum atomic E-state index is 14.1. The molecule has 47 heavy (non-hydrogen) atoms. The molecule has 12 heteroatoms. The molecule has 3 fully saturated rings. The fourth-order valence-electron chi connectivity index (χ4n) is 6.63. The summed E-state index contributed by atoms with van der Waals surface area (Å²) in [7, 11) is 1.62. The van der Waals surface area contributed by atoms with Crippen LogP contribution < -0.4 is 30.0 Å². The number of aryl methyl sites for hydroxylation is 1. The topological polar surface area (TPSA) is 145 Å². The lowest BCUT2D eigenvalue weighted by atomic mass is 10.1. The van der Waals surface area contributed by atoms with Crippen molar-refractivity contribution in [1.29, 1.82) is 0 Å². The second-order valence-electron chi connectivity index (χ2n) is 13.6. The van der Waals surface area contributed by atoms with E-state index in [0.29, 0.717) is 41.0 Å². The molecule has 4 aliphatic rings. The van der Waals surface area contributed by atoms with Crippen LogP contribution in [0.2, 0.25) is 0 Å². The van der Waals surface area contributed by atoms with E-state index in [4.69, 9.17) is 24.9 Å². The Morgan fingerprint density at radius 3 is 2.72 bits per heavy atom. The molecule has 3 heterocycles. The van der Waals surface area contributed by atoms with Crippen LogP contribution in [0.25, 0.3) is 10.9 Å². The molecule has 6 rings (SSSR count). The van der Waals surface area contributed by atoms with Crippen LogP contribution in [-0.4, -0.2) is 76.3 Å². The van der Waals surface area contributed by atoms with Crippen LogP contribution in [0.3, 0.4) is 0 Å². The summed E-state index contributed by atoms with van der Waals surface area (Å²) in [5.41, 5.74) is 6.94. The minimum Gasteiger partial charge on any atom is -0.496 e. The predicted octanol–water partition coefficient (Wildman–Crippen LogP) is 4.34. The van der Waals surface area contributed by atoms with Gasteiger partial charge < -0.3 is 30.2 Å². The van der Waals surface area contributed by atoms with Crippen molar-refractivity contribution in [2.75, 3.05) is 13.7 Å². The second-order valence-corrected chi connectivity index (χ2v) is 14.7. The number of benzene rings is 1. The van der Waals surface area contributed by atoms with Crippen molar-refractivity contribution in [2.45, 2.75) is 114 Å². The van der Waals surface area contributed by atoms with Crippen molar-refractivity contribution in [3.63, 3.8) is 0 Å². The number of nitrogens with zero attached hydrogens (tertiary/aromatic N) is 2. The Morgan fingerprint density at radius 2 is 1.98 bits per heavy atom. The summed E-state index contributed by atoms with van der Waals surface area (Å²) < 4.78 is 21.1. The van der Waals surface area contributed by atoms with E-state index in [1.165, 1.54) is 11.9 Å². The molecular formula is C35H47N5O6S. The first kappa shape index (κ1) is 33.4. The van der Waals surface area contributed by atoms with Gasteiger partial charge in [-0.05, 0) is 83.4 Å². The van der Waals surface area contributed by atoms with E-state index in [2.05, 4.69) is 22.2 Å². The fourth-order valence-corrected chi connectivity index (χ4v) is 7.46. The molecule has 2 aliphatic carbocycles. The van der Waals surface area contributed by atoms with Crippen LogP contribution in [0, 0.1) is 12.8 Å². The van der Waals surface area contributed by atoms with Gasteiger partial charge in [0, 0.05) is 34.6 Å². The van der Waals surface area contributed by atoms with Gasteiger partial charge in [-0.1, -0.05) is 25.0 Å². The van der Waals surface area contributed by atoms with Gasteiger partial charge in [-0.2, -0.15) is 0 Å². The molecule has 11 nitrogen and oxygen atoms in total. The lowest BCUT2D eigenvalue weighted by Gasteiger charge is -2.28. The number of ether oxygens (including phenoxy) is 3. The number of carbonyl (C=O) groups is 3. The van der Waals surface area contributed by atoms with E-state index in [0.717, 1.165) is 49.5 Å². The van der Waals surface area contributed by atoms with Crippen molar-refractivity contribution >= 4 is 40.6 Å². The Morgan fingerprint density at radius 1 is 1.17 bits per heavy atom. The summed E-state index contributed by atoms with van der Waals surface area (Å²) in [6.45, 7) is 5.98. The molecule has 3 amide bonds. The second kappa shape index (κ2) is 13.9. The minimum atomic E-state index is -1.04. The Hall–Kier alpha value is -3.51. The SMILES string of the molecule is COc1ccc2c(O[C@@H]3C[C@H]4C(=O)N[C@]5(C(=O)NSC6CC6)CC5/C=C\CCCCC[C@H](N)C(=O)N4C3)cc(OC(C)C)nc2c1C. The summed E-state index contributed by atoms with van der Waals surface area (Å²) in [6, 6.07) is 3.96. The number of nitrogens with one attached hydrogen (secondary N) is 2. The molecule has 2 saturated carbocycles. The highest BCUT2D eigenvalue weighted by Crippen LogP contribution is 2.46. The first-order chi connectivity index (χ1) is 22.6. The number of hydrogen-bond acceptors (Lipinski definition) is 9. The van der Waals surface area contributed by atoms with E-state index in [1.54, 1.807) is 18.1 Å². The third kappa shape index (κ3) is 7.33. The van der Waals surface area contributed by atoms with Crippen molar-refractivity contribution in [2.24, 2.45) is 11.7 Å². The highest BCUT2D eigenvalue weighted by Gasteiger charge is 2.61. The summed E-state index contributed by atoms with van der Waals surface area (Å²) in [5.74, 6) is 0.727. The number of rotatable bonds is 8. The summed E-state index contributed by atoms with van der Waals surface area (Å²) in [6.07, 6.45) is 10.7. The zero-order valence-corrected chi connectivity index (χ0v) is 28.6. The van der Waals surface area contributed by atoms with Gasteiger partial charge in [0.2, 0.25) is 17.7 Å². The minimum absolute atomic E-state index is 0.0981. The van der Waals surface area contributed by atoms with Gasteiger partial charge in [0.25, 0.3) is 5.91 Å². The summed E-state index contributed by atoms with van der Waals surface area (Å²) in [4.78, 5) is 47.8. The summed E-state index contributed by atoms with van der Waals surface area (Å²) in [5, 5.41) is 4.31. The average molecular weight is 666 g/mol. The maximum Gasteiger partial charge on any atom is 0.256 e. The lowest BCUT2D eigenvalue weighted by Crippen LogP contribution is -2.56. The molecule has 1 aromatic heterocycles. The van der Waals surface area contributed by atoms with Gasteiger partial charge >= 0.3 is 0 Å². The van der Waals surface area contributed by atoms with Crippen LogP contribution >= 0.6 is 11.9 Å². The number of pyridine rings is 1. The first-order valence-electron chi connectivity index (χ1n) is 16.9. The van der Waals surface area contributed by atoms with Crippen LogP contribution in [-0.2, 0) is 14.4 Å². The third-order valence-electron chi connectivity index (χ3n) is 9.52. The molecule has 0 radical (unpaired) electrons. The number of fused-ring (bicyclic) bond motifs is 3. The molecule has 2 aromatic rings. The highest BCUT2D eigenvalue weighted by atomic mass is 32.2. The zero-order chi connectivity index (χ0) is 33.3. The van der Waals surface area contributed by atoms with Crippen molar-refractivity contribution in [3.8, 4) is 17.4 Å². The third-order valence-corrected chi connectivity index (χ3v) is 10.6. The van der Waals surface area contributed by atoms with Gasteiger partial charge in [-0.3, -0.25) is 19.1 Å². The quantitative estimate of drug-likeness (QED) is 0.277. The predicted molar refractivity (Wildman–Crippen MR) is 181 cm³/mol. The maximum absolute atomic E-state index is 14.1. The Balaban J connectivity index is 1.29. The number of nitrogens with two attached hydrogens (primary N) is 1. The van der Waals surface area contributed by atoms with E-state index in [9.17, 15) is 14.4 Å². The van der Waals surface area contributed by atoms with E-state index in [-0.39, 0.29) is 42.7 Å². The molecule has 5 atom stereocenters. The van der Waals surface area contributed by atoms with Gasteiger partial charge in [0.15, 0.2) is 0 Å². The number of methoxy groups -OCH3 is 1. The van der Waals surface area contributed by atoms with E-state index in [1.807, 2.05) is 32.9 Å². The molecule has 1 saturated heterocycles. The molecule has 0 bridgehead atoms. The summed E-state index contributed by atoms with van der Waals surface area (Å²) >= 11 is 1.44. The smallest absolute Gasteiger partial charge is 0.256 e. The molecule has 254 valence electrons. The molecular weight excluding hydrogens is 618 g/mol. The number of hydrogen-bond donors (Lipinski definition) is 3. The number of aromatic nitrogens is 1. The Kier molecular flexibility index (Phi) is 9.89. The monoisotopic (exact) mass is 665 g/mol. The van der Waals surface area contributed by atoms with Gasteiger partial charge in [0.1, 0.15) is 29.2 Å². The van der Waals surface area contributed by atoms with Gasteiger partial charge in [-0.15, -0.1) is 0 Å². The molecule has 0 spiro atoms. The fraction of sp³-hybridized carbons (Fsp3) is 0.600. The average Bonchev–Trinajstić information content (AvgIpc) is 3.95. The number of carbonyl (C=O) groups excluding carboxylic acids is 3. The van der Waals surface area contributed by atoms with Crippen LogP contribution in [0.5, 0.6) is 17.4 Å². The van der Waals surface area contributed by atoms with E-state index < -0.39 is 23.7 Å². The van der Waals surface area contributed by atoms with E-state index >= 15 is 0 Å². The van der Waals surface area contributed by atoms with Gasteiger partial charge in [0.05, 0.1) is 31.3 Å². The largest absolute Gasteiger partial charge is 0.496 e. The lowest BCUT2D eigenvalue weighted by molar-refractivity contribution is -0.140. The Bertz CT molecular complexity index is 1550. The molecule has 1 aromatic carbocycles. The molecule has 2 aliphatic heterocycles.